The van der Waals surface area contributed by atoms with Crippen molar-refractivity contribution in [2.75, 3.05) is 19.6 Å². The van der Waals surface area contributed by atoms with Crippen molar-refractivity contribution in [1.82, 2.24) is 26.4 Å². The number of carbonyl (C=O) groups is 6. The number of nitrogens with one attached hydrogen (secondary N) is 5. The molecule has 0 fully saturated rings. The standard InChI is InChI=1S/C36H49N9O8/c37-33(50)28(12-13-32(48)49)44-35(52)30(19-24-20-41-27-10-5-4-9-26(24)27)45-34(51)29(11-6-15-40-36(38)39)42-21-31(47)23(18-25(46)14-16-43-53)17-22-7-2-1-3-8-22/h1-5,7-10,20,23,28-30,41-43,53H,6,11-19,21H2,(H2,37,50)(H,44,52)(H,45,51)(H,48,49)(H4,38,39,40)/t23-,28?,29?,30?/m1/s1. The number of carboxylic acid groups (broad SMARTS) is 1. The maximum absolute atomic E-state index is 14.0. The van der Waals surface area contributed by atoms with Crippen LogP contribution in [0.25, 0.3) is 10.9 Å². The molecular formula is C36H49N9O8. The number of nitrogens with zero attached hydrogens (tertiary/aromatic N) is 1. The van der Waals surface area contributed by atoms with Gasteiger partial charge in [0.2, 0.25) is 17.7 Å². The molecule has 17 nitrogen and oxygen atoms in total. The number of hydroxylamine groups is 1. The number of nitrogens with two attached hydrogens (primary N) is 3. The summed E-state index contributed by atoms with van der Waals surface area (Å²) in [4.78, 5) is 84.4. The number of fused-ring (bicyclic) bond motifs is 1. The number of Topliss-reactive ketones (excluding diaryl/α,β-unsaturated/α-hetero) is 2. The summed E-state index contributed by atoms with van der Waals surface area (Å²) in [6, 6.07) is 12.9. The van der Waals surface area contributed by atoms with E-state index >= 15 is 0 Å². The molecule has 2 aromatic carbocycles. The number of hydrogen-bond donors (Lipinski definition) is 10. The number of rotatable bonds is 25. The summed E-state index contributed by atoms with van der Waals surface area (Å²) >= 11 is 0. The molecule has 0 bridgehead atoms. The van der Waals surface area contributed by atoms with Crippen molar-refractivity contribution in [2.45, 2.75) is 69.5 Å². The van der Waals surface area contributed by atoms with Crippen molar-refractivity contribution in [3.8, 4) is 0 Å². The van der Waals surface area contributed by atoms with E-state index in [-0.39, 0.29) is 75.7 Å². The van der Waals surface area contributed by atoms with Crippen LogP contribution in [0.4, 0.5) is 0 Å². The van der Waals surface area contributed by atoms with Crippen LogP contribution in [0.15, 0.2) is 65.8 Å². The highest BCUT2D eigenvalue weighted by molar-refractivity contribution is 5.94. The number of aliphatic imine (C=N–C) groups is 1. The van der Waals surface area contributed by atoms with Crippen LogP contribution in [-0.2, 0) is 41.6 Å². The lowest BCUT2D eigenvalue weighted by atomic mass is 9.89. The summed E-state index contributed by atoms with van der Waals surface area (Å²) in [6.45, 7) is -0.0784. The number of para-hydroxylation sites is 1. The van der Waals surface area contributed by atoms with Gasteiger partial charge in [0.15, 0.2) is 5.96 Å². The summed E-state index contributed by atoms with van der Waals surface area (Å²) < 4.78 is 0. The molecule has 0 aliphatic carbocycles. The van der Waals surface area contributed by atoms with E-state index in [9.17, 15) is 28.8 Å². The third-order valence-corrected chi connectivity index (χ3v) is 8.59. The van der Waals surface area contributed by atoms with Crippen molar-refractivity contribution in [3.05, 3.63) is 71.9 Å². The van der Waals surface area contributed by atoms with Gasteiger partial charge in [0, 0.05) is 61.8 Å². The van der Waals surface area contributed by atoms with Crippen LogP contribution in [0, 0.1) is 5.92 Å². The maximum Gasteiger partial charge on any atom is 0.303 e. The number of guanidine groups is 1. The predicted octanol–water partition coefficient (Wildman–Crippen LogP) is -0.202. The molecule has 13 N–H and O–H groups in total. The van der Waals surface area contributed by atoms with E-state index in [1.54, 1.807) is 6.20 Å². The molecule has 3 unspecified atom stereocenters. The molecule has 0 spiro atoms. The van der Waals surface area contributed by atoms with Gasteiger partial charge in [-0.15, -0.1) is 0 Å². The number of ketones is 2. The highest BCUT2D eigenvalue weighted by Crippen LogP contribution is 2.20. The molecule has 3 aromatic rings. The van der Waals surface area contributed by atoms with Gasteiger partial charge >= 0.3 is 5.97 Å². The lowest BCUT2D eigenvalue weighted by Gasteiger charge is -2.25. The smallest absolute Gasteiger partial charge is 0.303 e. The summed E-state index contributed by atoms with van der Waals surface area (Å²) in [5, 5.41) is 27.1. The van der Waals surface area contributed by atoms with Crippen molar-refractivity contribution in [2.24, 2.45) is 28.1 Å². The minimum atomic E-state index is -1.32. The lowest BCUT2D eigenvalue weighted by Crippen LogP contribution is -2.57. The molecular weight excluding hydrogens is 686 g/mol. The van der Waals surface area contributed by atoms with Gasteiger partial charge in [-0.2, -0.15) is 0 Å². The second-order valence-electron chi connectivity index (χ2n) is 12.7. The summed E-state index contributed by atoms with van der Waals surface area (Å²) in [5.74, 6) is -4.95. The first-order valence-electron chi connectivity index (χ1n) is 17.3. The highest BCUT2D eigenvalue weighted by Gasteiger charge is 2.30. The number of carboxylic acids is 1. The molecule has 17 heteroatoms. The van der Waals surface area contributed by atoms with Gasteiger partial charge in [-0.05, 0) is 42.9 Å². The Kier molecular flexibility index (Phi) is 17.1. The maximum atomic E-state index is 14.0. The van der Waals surface area contributed by atoms with Gasteiger partial charge in [-0.3, -0.25) is 39.1 Å². The zero-order valence-electron chi connectivity index (χ0n) is 29.4. The number of hydrogen-bond acceptors (Lipinski definition) is 10. The van der Waals surface area contributed by atoms with Gasteiger partial charge in [-0.1, -0.05) is 48.5 Å². The van der Waals surface area contributed by atoms with Crippen LogP contribution >= 0.6 is 0 Å². The fraction of sp³-hybridized carbons (Fsp3) is 0.417. The summed E-state index contributed by atoms with van der Waals surface area (Å²) in [5.41, 5.74) is 20.7. The minimum Gasteiger partial charge on any atom is -0.481 e. The Balaban J connectivity index is 1.86. The Morgan fingerprint density at radius 1 is 0.811 bits per heavy atom. The lowest BCUT2D eigenvalue weighted by molar-refractivity contribution is -0.138. The fourth-order valence-corrected chi connectivity index (χ4v) is 5.80. The third-order valence-electron chi connectivity index (χ3n) is 8.59. The van der Waals surface area contributed by atoms with Crippen LogP contribution in [0.3, 0.4) is 0 Å². The van der Waals surface area contributed by atoms with E-state index in [4.69, 9.17) is 27.5 Å². The fourth-order valence-electron chi connectivity index (χ4n) is 5.80. The molecule has 3 rings (SSSR count). The number of aromatic amines is 1. The predicted molar refractivity (Wildman–Crippen MR) is 196 cm³/mol. The van der Waals surface area contributed by atoms with Crippen molar-refractivity contribution in [1.29, 1.82) is 0 Å². The molecule has 0 saturated carbocycles. The van der Waals surface area contributed by atoms with E-state index in [1.165, 1.54) is 0 Å². The second-order valence-corrected chi connectivity index (χ2v) is 12.7. The molecule has 1 aromatic heterocycles. The monoisotopic (exact) mass is 735 g/mol. The molecule has 4 atom stereocenters. The molecule has 3 amide bonds. The van der Waals surface area contributed by atoms with E-state index in [0.717, 1.165) is 16.5 Å². The summed E-state index contributed by atoms with van der Waals surface area (Å²) in [7, 11) is 0. The normalized spacial score (nSPS) is 13.3. The molecule has 0 aliphatic heterocycles. The van der Waals surface area contributed by atoms with Crippen LogP contribution in [-0.4, -0.2) is 94.3 Å². The van der Waals surface area contributed by atoms with E-state index in [1.807, 2.05) is 60.1 Å². The minimum absolute atomic E-state index is 0.0182. The molecule has 0 aliphatic rings. The van der Waals surface area contributed by atoms with Crippen LogP contribution in [0.2, 0.25) is 0 Å². The topological polar surface area (TPSA) is 297 Å². The highest BCUT2D eigenvalue weighted by atomic mass is 16.5. The first-order valence-corrected chi connectivity index (χ1v) is 17.3. The SMILES string of the molecule is NC(=O)C(CCC(=O)O)NC(=O)C(Cc1c[nH]c2ccccc12)NC(=O)C(CCCN=C(N)N)NCC(=O)[C@@H](CC(=O)CCNO)Cc1ccccc1. The summed E-state index contributed by atoms with van der Waals surface area (Å²) in [6.07, 6.45) is 1.66. The van der Waals surface area contributed by atoms with E-state index in [0.29, 0.717) is 12.0 Å². The second kappa shape index (κ2) is 21.7. The zero-order valence-corrected chi connectivity index (χ0v) is 29.4. The average molecular weight is 736 g/mol. The Labute approximate surface area is 306 Å². The van der Waals surface area contributed by atoms with Crippen molar-refractivity contribution in [3.63, 3.8) is 0 Å². The van der Waals surface area contributed by atoms with Crippen LogP contribution in [0.5, 0.6) is 0 Å². The zero-order chi connectivity index (χ0) is 38.8. The molecule has 0 radical (unpaired) electrons. The number of carbonyl (C=O) groups excluding carboxylic acids is 5. The number of H-pyrrole nitrogens is 1. The van der Waals surface area contributed by atoms with Crippen molar-refractivity contribution >= 4 is 52.1 Å². The Morgan fingerprint density at radius 3 is 2.17 bits per heavy atom. The third kappa shape index (κ3) is 14.5. The largest absolute Gasteiger partial charge is 0.481 e. The van der Waals surface area contributed by atoms with Gasteiger partial charge in [0.1, 0.15) is 23.7 Å². The van der Waals surface area contributed by atoms with Crippen LogP contribution < -0.4 is 38.6 Å². The number of primary amides is 1. The van der Waals surface area contributed by atoms with Gasteiger partial charge in [-0.25, -0.2) is 5.48 Å². The molecule has 0 saturated heterocycles. The number of aliphatic carboxylic acids is 1. The van der Waals surface area contributed by atoms with Gasteiger partial charge in [0.25, 0.3) is 0 Å². The molecule has 1 heterocycles. The molecule has 53 heavy (non-hydrogen) atoms. The van der Waals surface area contributed by atoms with E-state index < -0.39 is 54.2 Å². The van der Waals surface area contributed by atoms with E-state index in [2.05, 4.69) is 25.9 Å². The van der Waals surface area contributed by atoms with Crippen LogP contribution in [0.1, 0.15) is 49.7 Å². The van der Waals surface area contributed by atoms with Crippen molar-refractivity contribution < 1.29 is 39.1 Å². The quantitative estimate of drug-likeness (QED) is 0.0234. The van der Waals surface area contributed by atoms with Gasteiger partial charge in [0.05, 0.1) is 12.6 Å². The Morgan fingerprint density at radius 2 is 1.49 bits per heavy atom. The first kappa shape index (κ1) is 41.8. The Bertz CT molecular complexity index is 1730. The number of amides is 3. The number of benzene rings is 2. The first-order chi connectivity index (χ1) is 25.4. The van der Waals surface area contributed by atoms with Gasteiger partial charge < -0.3 is 43.1 Å². The molecule has 286 valence electrons. The average Bonchev–Trinajstić information content (AvgIpc) is 3.53. The Hall–Kier alpha value is -5.65. The number of aromatic nitrogens is 1.